The van der Waals surface area contributed by atoms with Gasteiger partial charge in [-0.15, -0.1) is 0 Å². The molecule has 2 aromatic rings. The smallest absolute Gasteiger partial charge is 0.160 e. The van der Waals surface area contributed by atoms with E-state index in [0.29, 0.717) is 11.3 Å². The number of hydrogen-bond donors (Lipinski definition) is 2. The zero-order valence-electron chi connectivity index (χ0n) is 9.88. The van der Waals surface area contributed by atoms with E-state index in [1.807, 2.05) is 0 Å². The molecule has 0 radical (unpaired) electrons. The van der Waals surface area contributed by atoms with Crippen LogP contribution in [-0.2, 0) is 0 Å². The van der Waals surface area contributed by atoms with Crippen LogP contribution in [0, 0.1) is 11.6 Å². The monoisotopic (exact) mass is 332 g/mol. The molecular weight excluding hydrogens is 325 g/mol. The van der Waals surface area contributed by atoms with Gasteiger partial charge in [-0.25, -0.2) is 8.78 Å². The molecule has 0 saturated heterocycles. The van der Waals surface area contributed by atoms with Crippen molar-refractivity contribution in [2.24, 2.45) is 5.73 Å². The average molecular weight is 333 g/mol. The molecule has 0 spiro atoms. The summed E-state index contributed by atoms with van der Waals surface area (Å²) in [6, 6.07) is 6.86. The Hall–Kier alpha value is -1.43. The predicted octanol–water partition coefficient (Wildman–Crippen LogP) is 4.65. The molecule has 0 amide bonds. The van der Waals surface area contributed by atoms with Crippen LogP contribution in [-0.4, -0.2) is 4.99 Å². The van der Waals surface area contributed by atoms with Gasteiger partial charge in [-0.05, 0) is 30.3 Å². The number of anilines is 2. The molecular formula is C13H8Cl2F2N2S. The second-order valence-corrected chi connectivity index (χ2v) is 5.19. The largest absolute Gasteiger partial charge is 0.389 e. The van der Waals surface area contributed by atoms with Crippen molar-refractivity contribution in [3.8, 4) is 0 Å². The van der Waals surface area contributed by atoms with Crippen molar-refractivity contribution < 1.29 is 8.78 Å². The summed E-state index contributed by atoms with van der Waals surface area (Å²) in [5, 5.41) is 2.45. The first-order chi connectivity index (χ1) is 9.38. The summed E-state index contributed by atoms with van der Waals surface area (Å²) in [5.74, 6) is -1.27. The number of nitrogens with two attached hydrogens (primary N) is 1. The van der Waals surface area contributed by atoms with Gasteiger partial charge in [0.05, 0.1) is 15.7 Å². The van der Waals surface area contributed by atoms with Gasteiger partial charge >= 0.3 is 0 Å². The Kier molecular flexibility index (Phi) is 4.42. The topological polar surface area (TPSA) is 38.0 Å². The quantitative estimate of drug-likeness (QED) is 0.634. The van der Waals surface area contributed by atoms with Gasteiger partial charge < -0.3 is 11.1 Å². The van der Waals surface area contributed by atoms with Crippen molar-refractivity contribution >= 4 is 51.8 Å². The lowest BCUT2D eigenvalue weighted by Crippen LogP contribution is -2.09. The zero-order chi connectivity index (χ0) is 14.9. The van der Waals surface area contributed by atoms with Gasteiger partial charge in [-0.1, -0.05) is 35.4 Å². The van der Waals surface area contributed by atoms with E-state index in [9.17, 15) is 8.78 Å². The van der Waals surface area contributed by atoms with E-state index in [2.05, 4.69) is 5.32 Å². The molecule has 0 atom stereocenters. The van der Waals surface area contributed by atoms with E-state index in [1.165, 1.54) is 24.3 Å². The lowest BCUT2D eigenvalue weighted by Gasteiger charge is -2.10. The van der Waals surface area contributed by atoms with Gasteiger partial charge in [0, 0.05) is 11.3 Å². The van der Waals surface area contributed by atoms with E-state index in [0.717, 1.165) is 0 Å². The number of halogens is 4. The van der Waals surface area contributed by atoms with Crippen molar-refractivity contribution in [2.75, 3.05) is 5.32 Å². The highest BCUT2D eigenvalue weighted by molar-refractivity contribution is 7.80. The third-order valence-corrected chi connectivity index (χ3v) is 3.30. The Morgan fingerprint density at radius 2 is 1.70 bits per heavy atom. The number of rotatable bonds is 3. The van der Waals surface area contributed by atoms with Gasteiger partial charge in [0.15, 0.2) is 5.82 Å². The number of hydrogen-bond acceptors (Lipinski definition) is 2. The first-order valence-corrected chi connectivity index (χ1v) is 6.56. The molecule has 104 valence electrons. The third kappa shape index (κ3) is 3.17. The standard InChI is InChI=1S/C13H8Cl2F2N2S/c14-8-4-7(5-9(15)12(8)17)19-11-2-1-6(13(18)20)3-10(11)16/h1-5,19H,(H2,18,20). The molecule has 0 aliphatic heterocycles. The summed E-state index contributed by atoms with van der Waals surface area (Å²) < 4.78 is 27.1. The molecule has 20 heavy (non-hydrogen) atoms. The van der Waals surface area contributed by atoms with Crippen LogP contribution >= 0.6 is 35.4 Å². The highest BCUT2D eigenvalue weighted by Crippen LogP contribution is 2.30. The normalized spacial score (nSPS) is 10.4. The lowest BCUT2D eigenvalue weighted by atomic mass is 10.2. The minimum absolute atomic E-state index is 0.100. The minimum atomic E-state index is -0.719. The highest BCUT2D eigenvalue weighted by Gasteiger charge is 2.10. The summed E-state index contributed by atoms with van der Waals surface area (Å²) in [4.78, 5) is 0.100. The van der Waals surface area contributed by atoms with Crippen LogP contribution in [0.2, 0.25) is 10.0 Å². The maximum absolute atomic E-state index is 13.9. The second kappa shape index (κ2) is 5.91. The third-order valence-electron chi connectivity index (χ3n) is 2.52. The Morgan fingerprint density at radius 1 is 1.10 bits per heavy atom. The Bertz CT molecular complexity index is 669. The summed E-state index contributed by atoms with van der Waals surface area (Å²) in [6.07, 6.45) is 0. The lowest BCUT2D eigenvalue weighted by molar-refractivity contribution is 0.628. The van der Waals surface area contributed by atoms with Crippen LogP contribution in [0.3, 0.4) is 0 Å². The zero-order valence-corrected chi connectivity index (χ0v) is 12.2. The fraction of sp³-hybridized carbons (Fsp3) is 0. The van der Waals surface area contributed by atoms with Crippen molar-refractivity contribution in [3.05, 3.63) is 57.6 Å². The summed E-state index contributed by atoms with van der Waals surface area (Å²) >= 11 is 16.1. The van der Waals surface area contributed by atoms with Crippen molar-refractivity contribution in [1.29, 1.82) is 0 Å². The first-order valence-electron chi connectivity index (χ1n) is 5.39. The Morgan fingerprint density at radius 3 is 2.20 bits per heavy atom. The van der Waals surface area contributed by atoms with Crippen molar-refractivity contribution in [2.45, 2.75) is 0 Å². The summed E-state index contributed by atoms with van der Waals surface area (Å²) in [7, 11) is 0. The maximum atomic E-state index is 13.9. The minimum Gasteiger partial charge on any atom is -0.389 e. The predicted molar refractivity (Wildman–Crippen MR) is 82.0 cm³/mol. The van der Waals surface area contributed by atoms with E-state index < -0.39 is 11.6 Å². The van der Waals surface area contributed by atoms with Gasteiger partial charge in [-0.3, -0.25) is 0 Å². The average Bonchev–Trinajstić information content (AvgIpc) is 2.38. The molecule has 0 aliphatic rings. The number of thiocarbonyl (C=S) groups is 1. The van der Waals surface area contributed by atoms with Crippen molar-refractivity contribution in [1.82, 2.24) is 0 Å². The SMILES string of the molecule is NC(=S)c1ccc(Nc2cc(Cl)c(F)c(Cl)c2)c(F)c1. The molecule has 0 heterocycles. The van der Waals surface area contributed by atoms with E-state index in [1.54, 1.807) is 6.07 Å². The highest BCUT2D eigenvalue weighted by atomic mass is 35.5. The van der Waals surface area contributed by atoms with Crippen molar-refractivity contribution in [3.63, 3.8) is 0 Å². The molecule has 2 rings (SSSR count). The maximum Gasteiger partial charge on any atom is 0.160 e. The van der Waals surface area contributed by atoms with Gasteiger partial charge in [0.2, 0.25) is 0 Å². The van der Waals surface area contributed by atoms with E-state index >= 15 is 0 Å². The first kappa shape index (κ1) is 15.0. The van der Waals surface area contributed by atoms with Crippen LogP contribution in [0.15, 0.2) is 30.3 Å². The molecule has 0 bridgehead atoms. The van der Waals surface area contributed by atoms with Crippen LogP contribution in [0.4, 0.5) is 20.2 Å². The summed E-state index contributed by atoms with van der Waals surface area (Å²) in [6.45, 7) is 0. The van der Waals surface area contributed by atoms with Gasteiger partial charge in [0.25, 0.3) is 0 Å². The fourth-order valence-electron chi connectivity index (χ4n) is 1.55. The molecule has 2 aromatic carbocycles. The van der Waals surface area contributed by atoms with E-state index in [-0.39, 0.29) is 20.7 Å². The number of benzene rings is 2. The second-order valence-electron chi connectivity index (χ2n) is 3.94. The Labute approximate surface area is 129 Å². The van der Waals surface area contributed by atoms with E-state index in [4.69, 9.17) is 41.2 Å². The molecule has 0 unspecified atom stereocenters. The summed E-state index contributed by atoms with van der Waals surface area (Å²) in [5.41, 5.74) is 6.36. The molecule has 0 aliphatic carbocycles. The molecule has 7 heteroatoms. The van der Waals surface area contributed by atoms with Crippen LogP contribution in [0.5, 0.6) is 0 Å². The fourth-order valence-corrected chi connectivity index (χ4v) is 2.17. The molecule has 2 nitrogen and oxygen atoms in total. The van der Waals surface area contributed by atoms with Crippen LogP contribution in [0.25, 0.3) is 0 Å². The molecule has 0 aromatic heterocycles. The molecule has 0 fully saturated rings. The van der Waals surface area contributed by atoms with Gasteiger partial charge in [-0.2, -0.15) is 0 Å². The number of nitrogens with one attached hydrogen (secondary N) is 1. The van der Waals surface area contributed by atoms with Gasteiger partial charge in [0.1, 0.15) is 10.8 Å². The Balaban J connectivity index is 2.33. The molecule has 0 saturated carbocycles. The molecule has 3 N–H and O–H groups in total. The van der Waals surface area contributed by atoms with Crippen LogP contribution in [0.1, 0.15) is 5.56 Å². The van der Waals surface area contributed by atoms with Crippen LogP contribution < -0.4 is 11.1 Å².